The summed E-state index contributed by atoms with van der Waals surface area (Å²) in [6.07, 6.45) is 67.6. The van der Waals surface area contributed by atoms with Crippen LogP contribution in [-0.4, -0.2) is 73.4 Å². The molecule has 3 N–H and O–H groups in total. The number of aliphatic hydroxyl groups is 1. The fourth-order valence-electron chi connectivity index (χ4n) is 10.3. The van der Waals surface area contributed by atoms with Gasteiger partial charge in [-0.1, -0.05) is 328 Å². The maximum absolute atomic E-state index is 13.0. The highest BCUT2D eigenvalue weighted by atomic mass is 31.2. The summed E-state index contributed by atoms with van der Waals surface area (Å²) in [5.74, 6) is -0.135. The van der Waals surface area contributed by atoms with Crippen LogP contribution in [0, 0.1) is 0 Å². The van der Waals surface area contributed by atoms with Gasteiger partial charge in [0.15, 0.2) is 0 Å². The van der Waals surface area contributed by atoms with E-state index in [9.17, 15) is 19.4 Å². The number of likely N-dealkylation sites (N-methyl/N-ethyl adjacent to an activating group) is 1. The molecule has 1 amide bonds. The molecule has 0 aliphatic heterocycles. The second kappa shape index (κ2) is 55.3. The minimum absolute atomic E-state index is 0.0793. The zero-order valence-corrected chi connectivity index (χ0v) is 50.4. The summed E-state index contributed by atoms with van der Waals surface area (Å²) in [6, 6.07) is -0.756. The second-order valence-electron chi connectivity index (χ2n) is 23.9. The fourth-order valence-corrected chi connectivity index (χ4v) is 11.0. The molecule has 0 aliphatic carbocycles. The van der Waals surface area contributed by atoms with Gasteiger partial charge in [0.1, 0.15) is 13.2 Å². The monoisotopic (exact) mass is 1040 g/mol. The molecular formula is C63H130N2O6P+. The second-order valence-corrected chi connectivity index (χ2v) is 25.3. The van der Waals surface area contributed by atoms with Crippen molar-refractivity contribution in [2.75, 3.05) is 40.9 Å². The predicted molar refractivity (Wildman–Crippen MR) is 314 cm³/mol. The molecule has 0 aromatic carbocycles. The Balaban J connectivity index is 3.98. The molecule has 0 aliphatic rings. The Morgan fingerprint density at radius 3 is 0.931 bits per heavy atom. The average molecular weight is 1040 g/mol. The minimum atomic E-state index is -4.32. The fraction of sp³-hybridized carbons (Fsp3) is 0.984. The van der Waals surface area contributed by atoms with Crippen LogP contribution in [0.15, 0.2) is 0 Å². The number of aliphatic hydroxyl groups excluding tert-OH is 1. The van der Waals surface area contributed by atoms with E-state index in [1.165, 1.54) is 283 Å². The quantitative estimate of drug-likeness (QED) is 0.0318. The van der Waals surface area contributed by atoms with Crippen LogP contribution in [0.3, 0.4) is 0 Å². The van der Waals surface area contributed by atoms with Crippen LogP contribution in [0.4, 0.5) is 0 Å². The third-order valence-corrected chi connectivity index (χ3v) is 16.3. The Bertz CT molecular complexity index is 1140. The molecule has 72 heavy (non-hydrogen) atoms. The van der Waals surface area contributed by atoms with Crippen molar-refractivity contribution < 1.29 is 32.9 Å². The maximum Gasteiger partial charge on any atom is 0.472 e. The van der Waals surface area contributed by atoms with Crippen LogP contribution < -0.4 is 5.32 Å². The molecule has 9 heteroatoms. The van der Waals surface area contributed by atoms with Gasteiger partial charge >= 0.3 is 7.82 Å². The van der Waals surface area contributed by atoms with Crippen LogP contribution >= 0.6 is 7.82 Å². The lowest BCUT2D eigenvalue weighted by Crippen LogP contribution is -2.46. The number of rotatable bonds is 61. The van der Waals surface area contributed by atoms with Crippen molar-refractivity contribution in [3.05, 3.63) is 0 Å². The lowest BCUT2D eigenvalue weighted by Gasteiger charge is -2.26. The summed E-state index contributed by atoms with van der Waals surface area (Å²) < 4.78 is 23.8. The number of nitrogens with zero attached hydrogens (tertiary/aromatic N) is 1. The first kappa shape index (κ1) is 71.5. The summed E-state index contributed by atoms with van der Waals surface area (Å²) in [6.45, 7) is 4.95. The lowest BCUT2D eigenvalue weighted by molar-refractivity contribution is -0.870. The van der Waals surface area contributed by atoms with Crippen LogP contribution in [-0.2, 0) is 18.4 Å². The number of phosphoric acid groups is 1. The highest BCUT2D eigenvalue weighted by molar-refractivity contribution is 7.47. The van der Waals surface area contributed by atoms with Gasteiger partial charge in [-0.3, -0.25) is 13.8 Å². The number of unbranched alkanes of at least 4 members (excludes halogenated alkanes) is 48. The highest BCUT2D eigenvalue weighted by Gasteiger charge is 2.28. The largest absolute Gasteiger partial charge is 0.472 e. The number of phosphoric ester groups is 1. The minimum Gasteiger partial charge on any atom is -0.391 e. The number of quaternary nitrogens is 1. The number of carbonyl (C=O) groups is 1. The van der Waals surface area contributed by atoms with Crippen molar-refractivity contribution in [1.82, 2.24) is 5.32 Å². The molecule has 0 rings (SSSR count). The normalized spacial score (nSPS) is 13.7. The number of hydrogen-bond acceptors (Lipinski definition) is 5. The molecule has 3 atom stereocenters. The van der Waals surface area contributed by atoms with Gasteiger partial charge in [0.05, 0.1) is 39.9 Å². The molecule has 3 unspecified atom stereocenters. The molecule has 0 heterocycles. The Hall–Kier alpha value is -0.500. The Morgan fingerprint density at radius 1 is 0.417 bits per heavy atom. The maximum atomic E-state index is 13.0. The first-order chi connectivity index (χ1) is 35.0. The van der Waals surface area contributed by atoms with Gasteiger partial charge in [-0.05, 0) is 12.8 Å². The van der Waals surface area contributed by atoms with Gasteiger partial charge in [0.25, 0.3) is 0 Å². The molecule has 0 bridgehead atoms. The van der Waals surface area contributed by atoms with E-state index in [2.05, 4.69) is 19.2 Å². The van der Waals surface area contributed by atoms with Gasteiger partial charge in [-0.15, -0.1) is 0 Å². The van der Waals surface area contributed by atoms with E-state index in [-0.39, 0.29) is 19.1 Å². The molecule has 0 saturated heterocycles. The number of amides is 1. The highest BCUT2D eigenvalue weighted by Crippen LogP contribution is 2.43. The Kier molecular flexibility index (Phi) is 54.9. The van der Waals surface area contributed by atoms with E-state index in [0.29, 0.717) is 23.9 Å². The SMILES string of the molecule is CCCCCCCCCCCCCCCCCCCCCCCCCCCCCCCCCCC(O)C(COP(=O)(O)OCC[N+](C)(C)C)NC(=O)CCCCCCCCCCCCCCCCCCCC. The third-order valence-electron chi connectivity index (χ3n) is 15.4. The lowest BCUT2D eigenvalue weighted by atomic mass is 10.0. The molecule has 432 valence electrons. The smallest absolute Gasteiger partial charge is 0.391 e. The first-order valence-corrected chi connectivity index (χ1v) is 33.9. The Morgan fingerprint density at radius 2 is 0.667 bits per heavy atom. The average Bonchev–Trinajstić information content (AvgIpc) is 3.34. The van der Waals surface area contributed by atoms with Crippen molar-refractivity contribution in [3.8, 4) is 0 Å². The summed E-state index contributed by atoms with van der Waals surface area (Å²) >= 11 is 0. The van der Waals surface area contributed by atoms with Gasteiger partial charge in [-0.25, -0.2) is 4.57 Å². The summed E-state index contributed by atoms with van der Waals surface area (Å²) in [7, 11) is 1.64. The van der Waals surface area contributed by atoms with Crippen LogP contribution in [0.2, 0.25) is 0 Å². The molecule has 0 radical (unpaired) electrons. The topological polar surface area (TPSA) is 105 Å². The predicted octanol–water partition coefficient (Wildman–Crippen LogP) is 20.0. The van der Waals surface area contributed by atoms with Crippen LogP contribution in [0.1, 0.15) is 348 Å². The summed E-state index contributed by atoms with van der Waals surface area (Å²) in [5, 5.41) is 14.1. The van der Waals surface area contributed by atoms with Crippen molar-refractivity contribution >= 4 is 13.7 Å². The first-order valence-electron chi connectivity index (χ1n) is 32.4. The molecule has 0 aromatic rings. The molecular weight excluding hydrogens is 912 g/mol. The van der Waals surface area contributed by atoms with E-state index in [1.807, 2.05) is 21.1 Å². The standard InChI is InChI=1S/C63H129N2O6P/c1-6-8-10-12-14-16-18-20-22-24-26-27-28-29-30-31-32-33-34-35-36-37-38-39-40-42-44-46-48-50-52-54-56-62(66)61(60-71-72(68,69)70-59-58-65(3,4)5)64-63(67)57-55-53-51-49-47-45-43-41-25-23-21-19-17-15-13-11-9-7-2/h61-62,66H,6-60H2,1-5H3,(H-,64,67,68,69)/p+1. The van der Waals surface area contributed by atoms with Crippen molar-refractivity contribution in [2.24, 2.45) is 0 Å². The molecule has 0 aromatic heterocycles. The summed E-state index contributed by atoms with van der Waals surface area (Å²) in [5.41, 5.74) is 0. The van der Waals surface area contributed by atoms with E-state index >= 15 is 0 Å². The molecule has 0 saturated carbocycles. The van der Waals surface area contributed by atoms with Gasteiger partial charge in [-0.2, -0.15) is 0 Å². The van der Waals surface area contributed by atoms with Gasteiger partial charge < -0.3 is 19.8 Å². The van der Waals surface area contributed by atoms with E-state index in [1.54, 1.807) is 0 Å². The van der Waals surface area contributed by atoms with Crippen molar-refractivity contribution in [1.29, 1.82) is 0 Å². The summed E-state index contributed by atoms with van der Waals surface area (Å²) in [4.78, 5) is 23.4. The van der Waals surface area contributed by atoms with E-state index in [0.717, 1.165) is 38.5 Å². The van der Waals surface area contributed by atoms with E-state index in [4.69, 9.17) is 9.05 Å². The number of carbonyl (C=O) groups excluding carboxylic acids is 1. The number of hydrogen-bond donors (Lipinski definition) is 3. The molecule has 0 fully saturated rings. The van der Waals surface area contributed by atoms with Crippen molar-refractivity contribution in [2.45, 2.75) is 360 Å². The third kappa shape index (κ3) is 57.2. The van der Waals surface area contributed by atoms with Crippen molar-refractivity contribution in [3.63, 3.8) is 0 Å². The van der Waals surface area contributed by atoms with Crippen LogP contribution in [0.25, 0.3) is 0 Å². The van der Waals surface area contributed by atoms with E-state index < -0.39 is 20.0 Å². The zero-order valence-electron chi connectivity index (χ0n) is 49.5. The van der Waals surface area contributed by atoms with Gasteiger partial charge in [0, 0.05) is 6.42 Å². The number of nitrogens with one attached hydrogen (secondary N) is 1. The van der Waals surface area contributed by atoms with Gasteiger partial charge in [0.2, 0.25) is 5.91 Å². The zero-order chi connectivity index (χ0) is 52.7. The molecule has 8 nitrogen and oxygen atoms in total. The Labute approximate surface area is 450 Å². The van der Waals surface area contributed by atoms with Crippen LogP contribution in [0.5, 0.6) is 0 Å². The molecule has 0 spiro atoms.